The van der Waals surface area contributed by atoms with Crippen molar-refractivity contribution in [1.29, 1.82) is 0 Å². The predicted octanol–water partition coefficient (Wildman–Crippen LogP) is 0.885. The number of nitrogens with zero attached hydrogens (tertiary/aromatic N) is 1. The van der Waals surface area contributed by atoms with E-state index in [-0.39, 0.29) is 48.3 Å². The number of hydrogen-bond donors (Lipinski definition) is 2. The van der Waals surface area contributed by atoms with Crippen LogP contribution in [0.2, 0.25) is 0 Å². The molecule has 1 aliphatic rings. The quantitative estimate of drug-likeness (QED) is 0.721. The van der Waals surface area contributed by atoms with E-state index < -0.39 is 21.7 Å². The van der Waals surface area contributed by atoms with Gasteiger partial charge in [-0.3, -0.25) is 9.59 Å². The fourth-order valence-electron chi connectivity index (χ4n) is 2.87. The van der Waals surface area contributed by atoms with Gasteiger partial charge in [0.25, 0.3) is 5.91 Å². The molecule has 0 aromatic heterocycles. The van der Waals surface area contributed by atoms with E-state index in [1.807, 2.05) is 0 Å². The van der Waals surface area contributed by atoms with Gasteiger partial charge in [0.1, 0.15) is 0 Å². The first-order valence-corrected chi connectivity index (χ1v) is 10.2. The molecule has 0 unspecified atom stereocenters. The van der Waals surface area contributed by atoms with E-state index in [0.29, 0.717) is 5.56 Å². The number of hydrogen-bond acceptors (Lipinski definition) is 5. The lowest BCUT2D eigenvalue weighted by Crippen LogP contribution is -2.49. The maximum absolute atomic E-state index is 13.7. The number of amides is 2. The number of piperazine rings is 1. The molecule has 29 heavy (non-hydrogen) atoms. The summed E-state index contributed by atoms with van der Waals surface area (Å²) in [7, 11) is -2.54. The first-order valence-electron chi connectivity index (χ1n) is 8.79. The maximum atomic E-state index is 13.7. The zero-order valence-electron chi connectivity index (χ0n) is 15.6. The standard InChI is InChI=1S/C19H20FN3O5S/c1-28-17-6-5-13(9-16(17)20)11-22-19(25)14-3-2-4-15(10-14)29(26,27)23-8-7-21-18(24)12-23/h2-6,9-10H,7-8,11-12H2,1H3,(H,21,24)(H,22,25). The molecule has 0 saturated carbocycles. The van der Waals surface area contributed by atoms with Crippen molar-refractivity contribution in [2.45, 2.75) is 11.4 Å². The summed E-state index contributed by atoms with van der Waals surface area (Å²) in [5.74, 6) is -1.32. The van der Waals surface area contributed by atoms with Gasteiger partial charge in [0.15, 0.2) is 11.6 Å². The van der Waals surface area contributed by atoms with E-state index in [1.54, 1.807) is 6.07 Å². The summed E-state index contributed by atoms with van der Waals surface area (Å²) >= 11 is 0. The van der Waals surface area contributed by atoms with Gasteiger partial charge in [-0.15, -0.1) is 0 Å². The van der Waals surface area contributed by atoms with Crippen molar-refractivity contribution in [2.24, 2.45) is 0 Å². The largest absolute Gasteiger partial charge is 0.494 e. The van der Waals surface area contributed by atoms with Crippen LogP contribution >= 0.6 is 0 Å². The van der Waals surface area contributed by atoms with Crippen molar-refractivity contribution >= 4 is 21.8 Å². The topological polar surface area (TPSA) is 105 Å². The molecular formula is C19H20FN3O5S. The van der Waals surface area contributed by atoms with Gasteiger partial charge in [0, 0.05) is 25.2 Å². The molecule has 0 bridgehead atoms. The van der Waals surface area contributed by atoms with Crippen molar-refractivity contribution in [1.82, 2.24) is 14.9 Å². The SMILES string of the molecule is COc1ccc(CNC(=O)c2cccc(S(=O)(=O)N3CCNC(=O)C3)c2)cc1F. The second-order valence-corrected chi connectivity index (χ2v) is 8.31. The van der Waals surface area contributed by atoms with Crippen LogP contribution in [-0.4, -0.2) is 51.3 Å². The monoisotopic (exact) mass is 421 g/mol. The minimum Gasteiger partial charge on any atom is -0.494 e. The fourth-order valence-corrected chi connectivity index (χ4v) is 4.31. The summed E-state index contributed by atoms with van der Waals surface area (Å²) in [5, 5.41) is 5.19. The minimum atomic E-state index is -3.90. The Morgan fingerprint density at radius 2 is 2.07 bits per heavy atom. The van der Waals surface area contributed by atoms with Gasteiger partial charge in [0.05, 0.1) is 18.6 Å². The molecule has 0 spiro atoms. The van der Waals surface area contributed by atoms with Crippen molar-refractivity contribution in [3.8, 4) is 5.75 Å². The van der Waals surface area contributed by atoms with Crippen LogP contribution < -0.4 is 15.4 Å². The Hall–Kier alpha value is -2.98. The zero-order chi connectivity index (χ0) is 21.0. The van der Waals surface area contributed by atoms with E-state index in [0.717, 1.165) is 4.31 Å². The first-order chi connectivity index (χ1) is 13.8. The lowest BCUT2D eigenvalue weighted by molar-refractivity contribution is -0.122. The highest BCUT2D eigenvalue weighted by Crippen LogP contribution is 2.19. The highest BCUT2D eigenvalue weighted by atomic mass is 32.2. The lowest BCUT2D eigenvalue weighted by atomic mass is 10.2. The van der Waals surface area contributed by atoms with Crippen LogP contribution in [0.4, 0.5) is 4.39 Å². The van der Waals surface area contributed by atoms with E-state index in [2.05, 4.69) is 10.6 Å². The maximum Gasteiger partial charge on any atom is 0.251 e. The Kier molecular flexibility index (Phi) is 6.14. The predicted molar refractivity (Wildman–Crippen MR) is 102 cm³/mol. The number of carbonyl (C=O) groups is 2. The number of carbonyl (C=O) groups excluding carboxylic acids is 2. The minimum absolute atomic E-state index is 0.0586. The number of rotatable bonds is 6. The fraction of sp³-hybridized carbons (Fsp3) is 0.263. The van der Waals surface area contributed by atoms with E-state index in [4.69, 9.17) is 4.74 Å². The second-order valence-electron chi connectivity index (χ2n) is 6.37. The molecule has 154 valence electrons. The smallest absolute Gasteiger partial charge is 0.251 e. The number of ether oxygens (including phenoxy) is 1. The molecule has 0 atom stereocenters. The van der Waals surface area contributed by atoms with Crippen LogP contribution in [0.25, 0.3) is 0 Å². The molecule has 8 nitrogen and oxygen atoms in total. The molecule has 1 aliphatic heterocycles. The third-order valence-electron chi connectivity index (χ3n) is 4.41. The Labute approximate surface area is 167 Å². The average Bonchev–Trinajstić information content (AvgIpc) is 2.72. The van der Waals surface area contributed by atoms with Crippen LogP contribution in [0, 0.1) is 5.82 Å². The van der Waals surface area contributed by atoms with Gasteiger partial charge >= 0.3 is 0 Å². The van der Waals surface area contributed by atoms with E-state index in [9.17, 15) is 22.4 Å². The third-order valence-corrected chi connectivity index (χ3v) is 6.25. The normalized spacial score (nSPS) is 14.9. The molecule has 1 saturated heterocycles. The highest BCUT2D eigenvalue weighted by molar-refractivity contribution is 7.89. The molecule has 2 N–H and O–H groups in total. The number of methoxy groups -OCH3 is 1. The summed E-state index contributed by atoms with van der Waals surface area (Å²) in [6, 6.07) is 9.89. The molecule has 1 fully saturated rings. The lowest BCUT2D eigenvalue weighted by Gasteiger charge is -2.26. The van der Waals surface area contributed by atoms with E-state index >= 15 is 0 Å². The molecular weight excluding hydrogens is 401 g/mol. The number of nitrogens with one attached hydrogen (secondary N) is 2. The Bertz CT molecular complexity index is 1040. The Morgan fingerprint density at radius 3 is 2.76 bits per heavy atom. The van der Waals surface area contributed by atoms with Gasteiger partial charge in [-0.2, -0.15) is 4.31 Å². The Balaban J connectivity index is 1.72. The van der Waals surface area contributed by atoms with Crippen molar-refractivity contribution in [3.63, 3.8) is 0 Å². The summed E-state index contributed by atoms with van der Waals surface area (Å²) < 4.78 is 45.2. The van der Waals surface area contributed by atoms with Crippen LogP contribution in [-0.2, 0) is 21.4 Å². The second kappa shape index (κ2) is 8.58. The van der Waals surface area contributed by atoms with Crippen molar-refractivity contribution in [3.05, 3.63) is 59.4 Å². The van der Waals surface area contributed by atoms with Gasteiger partial charge < -0.3 is 15.4 Å². The Morgan fingerprint density at radius 1 is 1.28 bits per heavy atom. The molecule has 2 aromatic rings. The molecule has 0 radical (unpaired) electrons. The van der Waals surface area contributed by atoms with Gasteiger partial charge in [-0.1, -0.05) is 12.1 Å². The zero-order valence-corrected chi connectivity index (χ0v) is 16.5. The average molecular weight is 421 g/mol. The highest BCUT2D eigenvalue weighted by Gasteiger charge is 2.29. The molecule has 10 heteroatoms. The van der Waals surface area contributed by atoms with Crippen LogP contribution in [0.15, 0.2) is 47.4 Å². The van der Waals surface area contributed by atoms with Crippen LogP contribution in [0.5, 0.6) is 5.75 Å². The number of sulfonamides is 1. The molecule has 1 heterocycles. The molecule has 0 aliphatic carbocycles. The third kappa shape index (κ3) is 4.72. The van der Waals surface area contributed by atoms with E-state index in [1.165, 1.54) is 43.5 Å². The molecule has 2 aromatic carbocycles. The van der Waals surface area contributed by atoms with Gasteiger partial charge in [0.2, 0.25) is 15.9 Å². The van der Waals surface area contributed by atoms with Crippen molar-refractivity contribution < 1.29 is 27.1 Å². The van der Waals surface area contributed by atoms with Gasteiger partial charge in [-0.25, -0.2) is 12.8 Å². The number of benzene rings is 2. The van der Waals surface area contributed by atoms with Gasteiger partial charge in [-0.05, 0) is 35.9 Å². The van der Waals surface area contributed by atoms with Crippen LogP contribution in [0.3, 0.4) is 0 Å². The first kappa shape index (κ1) is 20.7. The molecule has 3 rings (SSSR count). The summed E-state index contributed by atoms with van der Waals surface area (Å²) in [5.41, 5.74) is 0.668. The summed E-state index contributed by atoms with van der Waals surface area (Å²) in [6.07, 6.45) is 0. The summed E-state index contributed by atoms with van der Waals surface area (Å²) in [6.45, 7) is 0.189. The van der Waals surface area contributed by atoms with Crippen LogP contribution in [0.1, 0.15) is 15.9 Å². The number of halogens is 1. The van der Waals surface area contributed by atoms with Crippen molar-refractivity contribution in [2.75, 3.05) is 26.7 Å². The molecule has 2 amide bonds. The summed E-state index contributed by atoms with van der Waals surface area (Å²) in [4.78, 5) is 23.9.